The Balaban J connectivity index is 1.39. The number of rotatable bonds is 5. The fraction of sp³-hybridized carbons (Fsp3) is 0.500. The Labute approximate surface area is 123 Å². The lowest BCUT2D eigenvalue weighted by molar-refractivity contribution is 0.277. The van der Waals surface area contributed by atoms with E-state index in [0.29, 0.717) is 18.4 Å². The van der Waals surface area contributed by atoms with Crippen LogP contribution in [0.4, 0.5) is 0 Å². The number of hydrogen-bond donors (Lipinski definition) is 0. The van der Waals surface area contributed by atoms with E-state index in [1.807, 2.05) is 0 Å². The summed E-state index contributed by atoms with van der Waals surface area (Å²) in [5, 5.41) is 8.26. The van der Waals surface area contributed by atoms with Gasteiger partial charge in [-0.2, -0.15) is 0 Å². The van der Waals surface area contributed by atoms with Crippen molar-refractivity contribution in [1.82, 2.24) is 15.1 Å². The zero-order valence-electron chi connectivity index (χ0n) is 12.2. The summed E-state index contributed by atoms with van der Waals surface area (Å²) in [4.78, 5) is 2.20. The van der Waals surface area contributed by atoms with Crippen molar-refractivity contribution in [2.45, 2.75) is 38.3 Å². The molecule has 0 radical (unpaired) electrons. The molecule has 1 aromatic heterocycles. The van der Waals surface area contributed by atoms with Crippen LogP contribution in [0.5, 0.6) is 5.75 Å². The number of ether oxygens (including phenoxy) is 1. The Bertz CT molecular complexity index is 649. The van der Waals surface area contributed by atoms with Crippen LogP contribution in [-0.4, -0.2) is 28.8 Å². The van der Waals surface area contributed by atoms with Gasteiger partial charge in [-0.15, -0.1) is 10.2 Å². The molecule has 2 heterocycles. The van der Waals surface area contributed by atoms with Gasteiger partial charge in [0.05, 0.1) is 13.2 Å². The van der Waals surface area contributed by atoms with Gasteiger partial charge in [0, 0.05) is 18.9 Å². The Hall–Kier alpha value is -1.88. The van der Waals surface area contributed by atoms with E-state index in [1.165, 1.54) is 24.0 Å². The number of hydrogen-bond acceptors (Lipinski definition) is 5. The van der Waals surface area contributed by atoms with Crippen LogP contribution >= 0.6 is 0 Å². The van der Waals surface area contributed by atoms with Gasteiger partial charge >= 0.3 is 0 Å². The summed E-state index contributed by atoms with van der Waals surface area (Å²) >= 11 is 0. The SMILES string of the molecule is CN(Cc1ccc2c(c1)CCO2)Cc1nnc(C2CC2)o1. The van der Waals surface area contributed by atoms with E-state index in [2.05, 4.69) is 40.3 Å². The van der Waals surface area contributed by atoms with Crippen LogP contribution in [0.15, 0.2) is 22.6 Å². The second-order valence-electron chi connectivity index (χ2n) is 6.02. The Morgan fingerprint density at radius 1 is 1.24 bits per heavy atom. The molecule has 1 aromatic carbocycles. The highest BCUT2D eigenvalue weighted by atomic mass is 16.5. The summed E-state index contributed by atoms with van der Waals surface area (Å²) in [5.41, 5.74) is 2.61. The van der Waals surface area contributed by atoms with Crippen LogP contribution in [0.1, 0.15) is 41.7 Å². The summed E-state index contributed by atoms with van der Waals surface area (Å²) in [6.07, 6.45) is 3.39. The van der Waals surface area contributed by atoms with Crippen LogP contribution in [0.2, 0.25) is 0 Å². The molecule has 0 bridgehead atoms. The summed E-state index contributed by atoms with van der Waals surface area (Å²) in [6.45, 7) is 2.36. The van der Waals surface area contributed by atoms with E-state index in [4.69, 9.17) is 9.15 Å². The van der Waals surface area contributed by atoms with Crippen molar-refractivity contribution in [3.8, 4) is 5.75 Å². The average Bonchev–Trinajstić information content (AvgIpc) is 3.04. The molecule has 0 N–H and O–H groups in total. The van der Waals surface area contributed by atoms with Gasteiger partial charge in [-0.05, 0) is 37.1 Å². The molecule has 5 nitrogen and oxygen atoms in total. The fourth-order valence-corrected chi connectivity index (χ4v) is 2.76. The third-order valence-electron chi connectivity index (χ3n) is 4.02. The lowest BCUT2D eigenvalue weighted by Gasteiger charge is -2.14. The summed E-state index contributed by atoms with van der Waals surface area (Å²) in [5.74, 6) is 3.08. The molecule has 110 valence electrons. The molecule has 2 aliphatic rings. The van der Waals surface area contributed by atoms with Crippen molar-refractivity contribution >= 4 is 0 Å². The molecule has 0 atom stereocenters. The molecule has 1 fully saturated rings. The second-order valence-corrected chi connectivity index (χ2v) is 6.02. The molecule has 0 spiro atoms. The Morgan fingerprint density at radius 2 is 2.14 bits per heavy atom. The molecule has 1 saturated carbocycles. The topological polar surface area (TPSA) is 51.4 Å². The van der Waals surface area contributed by atoms with Gasteiger partial charge in [-0.1, -0.05) is 12.1 Å². The predicted molar refractivity (Wildman–Crippen MR) is 77.1 cm³/mol. The van der Waals surface area contributed by atoms with Crippen LogP contribution in [0.3, 0.4) is 0 Å². The molecule has 4 rings (SSSR count). The van der Waals surface area contributed by atoms with Crippen LogP contribution in [-0.2, 0) is 19.5 Å². The molecular weight excluding hydrogens is 266 g/mol. The number of nitrogens with zero attached hydrogens (tertiary/aromatic N) is 3. The third kappa shape index (κ3) is 2.78. The first-order valence-electron chi connectivity index (χ1n) is 7.53. The molecule has 0 unspecified atom stereocenters. The van der Waals surface area contributed by atoms with E-state index in [0.717, 1.165) is 31.2 Å². The number of benzene rings is 1. The van der Waals surface area contributed by atoms with Gasteiger partial charge in [-0.3, -0.25) is 4.90 Å². The van der Waals surface area contributed by atoms with Crippen molar-refractivity contribution in [3.05, 3.63) is 41.1 Å². The zero-order valence-corrected chi connectivity index (χ0v) is 12.2. The van der Waals surface area contributed by atoms with Crippen molar-refractivity contribution in [2.24, 2.45) is 0 Å². The maximum atomic E-state index is 5.71. The molecule has 0 saturated heterocycles. The van der Waals surface area contributed by atoms with Gasteiger partial charge < -0.3 is 9.15 Å². The van der Waals surface area contributed by atoms with E-state index in [9.17, 15) is 0 Å². The largest absolute Gasteiger partial charge is 0.493 e. The van der Waals surface area contributed by atoms with Crippen molar-refractivity contribution in [1.29, 1.82) is 0 Å². The van der Waals surface area contributed by atoms with Gasteiger partial charge in [0.15, 0.2) is 0 Å². The first kappa shape index (κ1) is 12.8. The van der Waals surface area contributed by atoms with Gasteiger partial charge in [0.1, 0.15) is 5.75 Å². The monoisotopic (exact) mass is 285 g/mol. The highest BCUT2D eigenvalue weighted by Crippen LogP contribution is 2.39. The smallest absolute Gasteiger partial charge is 0.230 e. The summed E-state index contributed by atoms with van der Waals surface area (Å²) in [6, 6.07) is 6.44. The fourth-order valence-electron chi connectivity index (χ4n) is 2.76. The standard InChI is InChI=1S/C16H19N3O2/c1-19(10-15-17-18-16(21-15)12-3-4-12)9-11-2-5-14-13(8-11)6-7-20-14/h2,5,8,12H,3-4,6-7,9-10H2,1H3. The van der Waals surface area contributed by atoms with Crippen molar-refractivity contribution in [3.63, 3.8) is 0 Å². The minimum Gasteiger partial charge on any atom is -0.493 e. The molecular formula is C16H19N3O2. The van der Waals surface area contributed by atoms with E-state index in [-0.39, 0.29) is 0 Å². The Morgan fingerprint density at radius 3 is 3.00 bits per heavy atom. The third-order valence-corrected chi connectivity index (χ3v) is 4.02. The summed E-state index contributed by atoms with van der Waals surface area (Å²) in [7, 11) is 2.07. The number of fused-ring (bicyclic) bond motifs is 1. The highest BCUT2D eigenvalue weighted by molar-refractivity contribution is 5.39. The minimum absolute atomic E-state index is 0.522. The second kappa shape index (κ2) is 5.15. The normalized spacial score (nSPS) is 17.0. The zero-order chi connectivity index (χ0) is 14.2. The quantitative estimate of drug-likeness (QED) is 0.845. The Kier molecular flexibility index (Phi) is 3.15. The lowest BCUT2D eigenvalue weighted by Crippen LogP contribution is -2.17. The first-order chi connectivity index (χ1) is 10.3. The van der Waals surface area contributed by atoms with E-state index in [1.54, 1.807) is 0 Å². The maximum absolute atomic E-state index is 5.71. The molecule has 1 aliphatic heterocycles. The minimum atomic E-state index is 0.522. The molecule has 21 heavy (non-hydrogen) atoms. The molecule has 1 aliphatic carbocycles. The van der Waals surface area contributed by atoms with Crippen LogP contribution in [0, 0.1) is 0 Å². The molecule has 2 aromatic rings. The van der Waals surface area contributed by atoms with Crippen molar-refractivity contribution < 1.29 is 9.15 Å². The summed E-state index contributed by atoms with van der Waals surface area (Å²) < 4.78 is 11.2. The molecule has 0 amide bonds. The van der Waals surface area contributed by atoms with E-state index < -0.39 is 0 Å². The highest BCUT2D eigenvalue weighted by Gasteiger charge is 2.29. The number of aromatic nitrogens is 2. The van der Waals surface area contributed by atoms with E-state index >= 15 is 0 Å². The average molecular weight is 285 g/mol. The van der Waals surface area contributed by atoms with Gasteiger partial charge in [-0.25, -0.2) is 0 Å². The first-order valence-corrected chi connectivity index (χ1v) is 7.53. The van der Waals surface area contributed by atoms with Crippen LogP contribution < -0.4 is 4.74 Å². The van der Waals surface area contributed by atoms with Crippen molar-refractivity contribution in [2.75, 3.05) is 13.7 Å². The predicted octanol–water partition coefficient (Wildman–Crippen LogP) is 2.51. The molecule has 5 heteroatoms. The van der Waals surface area contributed by atoms with Gasteiger partial charge in [0.25, 0.3) is 0 Å². The maximum Gasteiger partial charge on any atom is 0.230 e. The van der Waals surface area contributed by atoms with Crippen LogP contribution in [0.25, 0.3) is 0 Å². The lowest BCUT2D eigenvalue weighted by atomic mass is 10.1. The van der Waals surface area contributed by atoms with Gasteiger partial charge in [0.2, 0.25) is 11.8 Å².